The first-order valence-corrected chi connectivity index (χ1v) is 12.5. The van der Waals surface area contributed by atoms with Gasteiger partial charge in [0.15, 0.2) is 6.17 Å². The lowest BCUT2D eigenvalue weighted by Crippen LogP contribution is -2.08. The molecule has 1 heterocycles. The topological polar surface area (TPSA) is 50.2 Å². The monoisotopic (exact) mass is 475 g/mol. The zero-order valence-electron chi connectivity index (χ0n) is 23.6. The molecule has 0 bridgehead atoms. The van der Waals surface area contributed by atoms with Gasteiger partial charge >= 0.3 is 5.97 Å². The van der Waals surface area contributed by atoms with E-state index in [2.05, 4.69) is 97.6 Å². The van der Waals surface area contributed by atoms with Gasteiger partial charge in [0.2, 0.25) is 0 Å². The average molecular weight is 476 g/mol. The highest BCUT2D eigenvalue weighted by Crippen LogP contribution is 2.26. The van der Waals surface area contributed by atoms with Crippen LogP contribution in [0.25, 0.3) is 11.1 Å². The Morgan fingerprint density at radius 1 is 0.971 bits per heavy atom. The maximum atomic E-state index is 11.2. The molecule has 0 spiro atoms. The smallest absolute Gasteiger partial charge is 0.337 e. The molecule has 0 amide bonds. The van der Waals surface area contributed by atoms with Crippen molar-refractivity contribution in [2.45, 2.75) is 108 Å². The second kappa shape index (κ2) is 18.1. The maximum Gasteiger partial charge on any atom is 0.337 e. The van der Waals surface area contributed by atoms with Crippen LogP contribution < -0.4 is 0 Å². The fraction of sp³-hybridized carbons (Fsp3) is 0.600. The van der Waals surface area contributed by atoms with Gasteiger partial charge in [0.1, 0.15) is 0 Å². The van der Waals surface area contributed by atoms with Crippen molar-refractivity contribution in [2.24, 2.45) is 11.3 Å². The largest absolute Gasteiger partial charge is 0.479 e. The quantitative estimate of drug-likeness (QED) is 0.452. The molecule has 2 aromatic rings. The first kappa shape index (κ1) is 33.9. The van der Waals surface area contributed by atoms with Gasteiger partial charge in [-0.1, -0.05) is 85.9 Å². The van der Waals surface area contributed by atoms with Crippen LogP contribution >= 0.6 is 0 Å². The third-order valence-electron chi connectivity index (χ3n) is 5.24. The van der Waals surface area contributed by atoms with E-state index in [0.717, 1.165) is 18.5 Å². The van der Waals surface area contributed by atoms with Crippen molar-refractivity contribution in [1.82, 2.24) is 4.98 Å². The highest BCUT2D eigenvalue weighted by Gasteiger charge is 2.12. The van der Waals surface area contributed by atoms with Crippen LogP contribution in [0.5, 0.6) is 0 Å². The van der Waals surface area contributed by atoms with Crippen LogP contribution in [0.2, 0.25) is 0 Å². The van der Waals surface area contributed by atoms with Crippen LogP contribution in [-0.4, -0.2) is 22.2 Å². The van der Waals surface area contributed by atoms with E-state index < -0.39 is 12.1 Å². The van der Waals surface area contributed by atoms with Crippen LogP contribution in [0.1, 0.15) is 97.9 Å². The minimum Gasteiger partial charge on any atom is -0.479 e. The lowest BCUT2D eigenvalue weighted by atomic mass is 9.85. The van der Waals surface area contributed by atoms with Gasteiger partial charge < -0.3 is 5.11 Å². The van der Waals surface area contributed by atoms with Gasteiger partial charge in [-0.3, -0.25) is 4.98 Å². The van der Waals surface area contributed by atoms with E-state index in [1.165, 1.54) is 47.9 Å². The Kier molecular flexibility index (Phi) is 18.1. The molecule has 34 heavy (non-hydrogen) atoms. The Labute approximate surface area is 209 Å². The molecule has 1 N–H and O–H groups in total. The Hall–Kier alpha value is -2.23. The van der Waals surface area contributed by atoms with Gasteiger partial charge in [-0.05, 0) is 79.8 Å². The summed E-state index contributed by atoms with van der Waals surface area (Å²) in [4.78, 5) is 13.5. The lowest BCUT2D eigenvalue weighted by Gasteiger charge is -2.21. The summed E-state index contributed by atoms with van der Waals surface area (Å²) in [6.07, 6.45) is 5.56. The molecule has 3 nitrogen and oxygen atoms in total. The number of nitrogens with zero attached hydrogens (tertiary/aromatic N) is 1. The molecule has 0 aliphatic rings. The molecular weight excluding hydrogens is 425 g/mol. The van der Waals surface area contributed by atoms with Gasteiger partial charge in [-0.25, -0.2) is 9.18 Å². The number of benzene rings is 1. The van der Waals surface area contributed by atoms with Gasteiger partial charge in [0.05, 0.1) is 0 Å². The predicted molar refractivity (Wildman–Crippen MR) is 146 cm³/mol. The summed E-state index contributed by atoms with van der Waals surface area (Å²) in [5, 5.41) is 7.62. The molecule has 0 aliphatic carbocycles. The van der Waals surface area contributed by atoms with Crippen molar-refractivity contribution in [2.75, 3.05) is 0 Å². The second-order valence-electron chi connectivity index (χ2n) is 10.3. The fourth-order valence-electron chi connectivity index (χ4n) is 2.48. The molecule has 1 atom stereocenters. The van der Waals surface area contributed by atoms with E-state index in [-0.39, 0.29) is 0 Å². The summed E-state index contributed by atoms with van der Waals surface area (Å²) in [7, 11) is 0. The molecule has 1 aromatic heterocycles. The highest BCUT2D eigenvalue weighted by molar-refractivity contribution is 5.71. The number of aromatic nitrogens is 1. The van der Waals surface area contributed by atoms with Gasteiger partial charge in [0, 0.05) is 11.9 Å². The maximum absolute atomic E-state index is 11.2. The zero-order valence-corrected chi connectivity index (χ0v) is 23.6. The molecule has 0 aliphatic heterocycles. The molecule has 1 unspecified atom stereocenters. The normalized spacial score (nSPS) is 11.2. The molecule has 0 radical (unpaired) electrons. The lowest BCUT2D eigenvalue weighted by molar-refractivity contribution is -0.142. The standard InChI is InChI=1S/C14H15N.C9H20.C4H10.C3H5FO2/c1-10-4-5-13(8-11(10)2)14-6-7-15-12(3)9-14;1-5-7-8-9(3,4)6-2;1-4(2)3;1-2(4)3(5)6/h4-9H,1-3H3;5-8H2,1-4H3;4H,1-3H3;2H,1H3,(H,5,6). The van der Waals surface area contributed by atoms with Crippen LogP contribution in [0.3, 0.4) is 0 Å². The molecule has 0 saturated carbocycles. The fourth-order valence-corrected chi connectivity index (χ4v) is 2.48. The van der Waals surface area contributed by atoms with E-state index in [1.807, 2.05) is 13.1 Å². The highest BCUT2D eigenvalue weighted by atomic mass is 19.1. The number of hydrogen-bond acceptors (Lipinski definition) is 2. The average Bonchev–Trinajstić information content (AvgIpc) is 2.75. The summed E-state index contributed by atoms with van der Waals surface area (Å²) < 4.78 is 11.2. The van der Waals surface area contributed by atoms with Crippen molar-refractivity contribution in [1.29, 1.82) is 0 Å². The molecule has 0 saturated heterocycles. The van der Waals surface area contributed by atoms with Gasteiger partial charge in [0.25, 0.3) is 0 Å². The van der Waals surface area contributed by atoms with Crippen molar-refractivity contribution in [3.05, 3.63) is 53.3 Å². The van der Waals surface area contributed by atoms with Crippen molar-refractivity contribution >= 4 is 5.97 Å². The van der Waals surface area contributed by atoms with Crippen LogP contribution in [0.4, 0.5) is 4.39 Å². The number of aliphatic carboxylic acids is 1. The minimum atomic E-state index is -1.73. The number of unbranched alkanes of at least 4 members (excludes halogenated alkanes) is 1. The zero-order chi connectivity index (χ0) is 26.9. The number of carbonyl (C=O) groups is 1. The number of pyridine rings is 1. The predicted octanol–water partition coefficient (Wildman–Crippen LogP) is 9.38. The second-order valence-corrected chi connectivity index (χ2v) is 10.3. The Morgan fingerprint density at radius 3 is 1.85 bits per heavy atom. The third-order valence-corrected chi connectivity index (χ3v) is 5.24. The van der Waals surface area contributed by atoms with E-state index in [1.54, 1.807) is 0 Å². The summed E-state index contributed by atoms with van der Waals surface area (Å²) >= 11 is 0. The number of alkyl halides is 1. The molecule has 2 rings (SSSR count). The summed E-state index contributed by atoms with van der Waals surface area (Å²) in [5.41, 5.74) is 6.84. The summed E-state index contributed by atoms with van der Waals surface area (Å²) in [6.45, 7) is 23.0. The van der Waals surface area contributed by atoms with E-state index >= 15 is 0 Å². The molecule has 194 valence electrons. The Balaban J connectivity index is 0. The molecule has 0 fully saturated rings. The number of carboxylic acids is 1. The summed E-state index contributed by atoms with van der Waals surface area (Å²) in [6, 6.07) is 10.7. The van der Waals surface area contributed by atoms with E-state index in [0.29, 0.717) is 5.41 Å². The first-order chi connectivity index (χ1) is 15.7. The van der Waals surface area contributed by atoms with E-state index in [4.69, 9.17) is 5.11 Å². The van der Waals surface area contributed by atoms with Gasteiger partial charge in [-0.2, -0.15) is 0 Å². The Morgan fingerprint density at radius 2 is 1.47 bits per heavy atom. The number of rotatable bonds is 6. The SMILES string of the molecule is CC(C)C.CC(F)C(=O)O.CCCCC(C)(C)CC.Cc1cc(-c2ccc(C)c(C)c2)ccn1. The Bertz CT molecular complexity index is 810. The molecular formula is C30H50FNO2. The summed E-state index contributed by atoms with van der Waals surface area (Å²) in [5.74, 6) is -0.574. The number of hydrogen-bond donors (Lipinski definition) is 1. The van der Waals surface area contributed by atoms with Crippen molar-refractivity contribution < 1.29 is 14.3 Å². The van der Waals surface area contributed by atoms with Crippen LogP contribution in [0, 0.1) is 32.1 Å². The van der Waals surface area contributed by atoms with Crippen LogP contribution in [-0.2, 0) is 4.79 Å². The number of aryl methyl sites for hydroxylation is 3. The minimum absolute atomic E-state index is 0.593. The van der Waals surface area contributed by atoms with Crippen molar-refractivity contribution in [3.8, 4) is 11.1 Å². The van der Waals surface area contributed by atoms with Crippen LogP contribution in [0.15, 0.2) is 36.5 Å². The molecule has 4 heteroatoms. The third kappa shape index (κ3) is 18.2. The van der Waals surface area contributed by atoms with E-state index in [9.17, 15) is 9.18 Å². The van der Waals surface area contributed by atoms with Gasteiger partial charge in [-0.15, -0.1) is 0 Å². The number of carboxylic acid groups (broad SMARTS) is 1. The number of halogens is 1. The first-order valence-electron chi connectivity index (χ1n) is 12.5. The van der Waals surface area contributed by atoms with Crippen molar-refractivity contribution in [3.63, 3.8) is 0 Å². The molecule has 1 aromatic carbocycles.